The summed E-state index contributed by atoms with van der Waals surface area (Å²) in [5.74, 6) is -1.52. The molecule has 3 rings (SSSR count). The Kier molecular flexibility index (Phi) is 5.71. The van der Waals surface area contributed by atoms with Gasteiger partial charge < -0.3 is 4.57 Å². The SMILES string of the molecule is CCCn1c(=NC(=O)CS(=O)(=O)c2ccccc2)sc2cc([N+](=O)[O-])ccc21. The van der Waals surface area contributed by atoms with Crippen molar-refractivity contribution in [2.45, 2.75) is 24.8 Å². The van der Waals surface area contributed by atoms with Gasteiger partial charge in [0.1, 0.15) is 5.75 Å². The van der Waals surface area contributed by atoms with Crippen LogP contribution >= 0.6 is 11.3 Å². The number of aromatic nitrogens is 1. The van der Waals surface area contributed by atoms with Crippen LogP contribution in [0.3, 0.4) is 0 Å². The molecule has 0 N–H and O–H groups in total. The Labute approximate surface area is 164 Å². The van der Waals surface area contributed by atoms with Crippen molar-refractivity contribution >= 4 is 43.0 Å². The van der Waals surface area contributed by atoms with Crippen LogP contribution in [0, 0.1) is 10.1 Å². The number of non-ortho nitro benzene ring substituents is 1. The third-order valence-electron chi connectivity index (χ3n) is 3.96. The minimum Gasteiger partial charge on any atom is -0.316 e. The molecular weight excluding hydrogens is 402 g/mol. The Balaban J connectivity index is 2.01. The third kappa shape index (κ3) is 4.18. The van der Waals surface area contributed by atoms with E-state index in [1.54, 1.807) is 28.8 Å². The number of hydrogen-bond acceptors (Lipinski definition) is 6. The molecule has 0 saturated carbocycles. The topological polar surface area (TPSA) is 112 Å². The molecule has 1 heterocycles. The summed E-state index contributed by atoms with van der Waals surface area (Å²) >= 11 is 1.12. The molecule has 0 unspecified atom stereocenters. The third-order valence-corrected chi connectivity index (χ3v) is 6.62. The molecule has 0 radical (unpaired) electrons. The van der Waals surface area contributed by atoms with Crippen molar-refractivity contribution < 1.29 is 18.1 Å². The normalized spacial score (nSPS) is 12.4. The highest BCUT2D eigenvalue weighted by atomic mass is 32.2. The van der Waals surface area contributed by atoms with Crippen molar-refractivity contribution in [3.63, 3.8) is 0 Å². The number of nitrogens with zero attached hydrogens (tertiary/aromatic N) is 3. The maximum atomic E-state index is 12.4. The van der Waals surface area contributed by atoms with Crippen LogP contribution in [0.4, 0.5) is 5.69 Å². The summed E-state index contributed by atoms with van der Waals surface area (Å²) in [6.07, 6.45) is 0.756. The first-order valence-electron chi connectivity index (χ1n) is 8.45. The molecule has 2 aromatic carbocycles. The summed E-state index contributed by atoms with van der Waals surface area (Å²) in [5, 5.41) is 11.0. The van der Waals surface area contributed by atoms with Gasteiger partial charge in [0, 0.05) is 18.7 Å². The number of nitro groups is 1. The molecule has 28 heavy (non-hydrogen) atoms. The molecule has 0 fully saturated rings. The van der Waals surface area contributed by atoms with Crippen molar-refractivity contribution in [3.8, 4) is 0 Å². The molecule has 0 atom stereocenters. The predicted molar refractivity (Wildman–Crippen MR) is 106 cm³/mol. The van der Waals surface area contributed by atoms with Crippen molar-refractivity contribution in [1.29, 1.82) is 0 Å². The van der Waals surface area contributed by atoms with E-state index in [0.29, 0.717) is 16.0 Å². The number of hydrogen-bond donors (Lipinski definition) is 0. The van der Waals surface area contributed by atoms with E-state index in [2.05, 4.69) is 4.99 Å². The van der Waals surface area contributed by atoms with E-state index in [1.165, 1.54) is 24.3 Å². The first-order valence-corrected chi connectivity index (χ1v) is 10.9. The van der Waals surface area contributed by atoms with Crippen LogP contribution in [0.5, 0.6) is 0 Å². The van der Waals surface area contributed by atoms with Gasteiger partial charge >= 0.3 is 0 Å². The lowest BCUT2D eigenvalue weighted by atomic mass is 10.3. The molecule has 1 aromatic heterocycles. The van der Waals surface area contributed by atoms with E-state index in [-0.39, 0.29) is 10.6 Å². The lowest BCUT2D eigenvalue weighted by molar-refractivity contribution is -0.384. The molecule has 10 heteroatoms. The fourth-order valence-electron chi connectivity index (χ4n) is 2.71. The number of aryl methyl sites for hydroxylation is 1. The largest absolute Gasteiger partial charge is 0.316 e. The highest BCUT2D eigenvalue weighted by Crippen LogP contribution is 2.23. The first kappa shape index (κ1) is 19.9. The summed E-state index contributed by atoms with van der Waals surface area (Å²) < 4.78 is 27.1. The van der Waals surface area contributed by atoms with E-state index < -0.39 is 26.4 Å². The fraction of sp³-hybridized carbons (Fsp3) is 0.222. The maximum Gasteiger partial charge on any atom is 0.270 e. The van der Waals surface area contributed by atoms with Gasteiger partial charge in [-0.05, 0) is 24.6 Å². The van der Waals surface area contributed by atoms with Crippen LogP contribution in [-0.2, 0) is 21.2 Å². The Morgan fingerprint density at radius 1 is 1.21 bits per heavy atom. The number of benzene rings is 2. The zero-order valence-corrected chi connectivity index (χ0v) is 16.6. The smallest absolute Gasteiger partial charge is 0.270 e. The van der Waals surface area contributed by atoms with Crippen LogP contribution in [0.15, 0.2) is 58.4 Å². The summed E-state index contributed by atoms with van der Waals surface area (Å²) in [7, 11) is -3.79. The van der Waals surface area contributed by atoms with Crippen molar-refractivity contribution in [2.75, 3.05) is 5.75 Å². The second kappa shape index (κ2) is 8.03. The number of carbonyl (C=O) groups is 1. The molecule has 3 aromatic rings. The van der Waals surface area contributed by atoms with Crippen LogP contribution in [0.25, 0.3) is 10.2 Å². The highest BCUT2D eigenvalue weighted by molar-refractivity contribution is 7.92. The number of nitro benzene ring substituents is 1. The molecular formula is C18H17N3O5S2. The second-order valence-corrected chi connectivity index (χ2v) is 9.02. The van der Waals surface area contributed by atoms with E-state index in [1.807, 2.05) is 6.92 Å². The van der Waals surface area contributed by atoms with Gasteiger partial charge in [0.25, 0.3) is 11.6 Å². The number of sulfone groups is 1. The quantitative estimate of drug-likeness (QED) is 0.450. The standard InChI is InChI=1S/C18H17N3O5S2/c1-2-10-20-15-9-8-13(21(23)24)11-16(15)27-18(20)19-17(22)12-28(25,26)14-6-4-3-5-7-14/h3-9,11H,2,10,12H2,1H3. The van der Waals surface area contributed by atoms with E-state index >= 15 is 0 Å². The summed E-state index contributed by atoms with van der Waals surface area (Å²) in [4.78, 5) is 27.2. The molecule has 0 aliphatic heterocycles. The average Bonchev–Trinajstić information content (AvgIpc) is 2.98. The molecule has 0 spiro atoms. The van der Waals surface area contributed by atoms with E-state index in [0.717, 1.165) is 23.3 Å². The fourth-order valence-corrected chi connectivity index (χ4v) is 4.95. The lowest BCUT2D eigenvalue weighted by Gasteiger charge is -2.03. The highest BCUT2D eigenvalue weighted by Gasteiger charge is 2.19. The van der Waals surface area contributed by atoms with Crippen LogP contribution in [0.2, 0.25) is 0 Å². The molecule has 0 aliphatic carbocycles. The summed E-state index contributed by atoms with van der Waals surface area (Å²) in [6.45, 7) is 2.50. The molecule has 0 aliphatic rings. The Bertz CT molecular complexity index is 1210. The van der Waals surface area contributed by atoms with Gasteiger partial charge in [0.05, 0.1) is 20.0 Å². The summed E-state index contributed by atoms with van der Waals surface area (Å²) in [6, 6.07) is 12.2. The van der Waals surface area contributed by atoms with Gasteiger partial charge in [-0.2, -0.15) is 4.99 Å². The number of rotatable bonds is 6. The Morgan fingerprint density at radius 2 is 1.93 bits per heavy atom. The second-order valence-electron chi connectivity index (χ2n) is 6.02. The van der Waals surface area contributed by atoms with Gasteiger partial charge in [-0.3, -0.25) is 14.9 Å². The molecule has 8 nitrogen and oxygen atoms in total. The van der Waals surface area contributed by atoms with Crippen LogP contribution in [-0.4, -0.2) is 29.6 Å². The molecule has 146 valence electrons. The number of amides is 1. The Hall–Kier alpha value is -2.85. The molecule has 1 amide bonds. The first-order chi connectivity index (χ1) is 13.3. The van der Waals surface area contributed by atoms with Gasteiger partial charge in [-0.25, -0.2) is 8.42 Å². The van der Waals surface area contributed by atoms with Gasteiger partial charge in [0.15, 0.2) is 14.6 Å². The van der Waals surface area contributed by atoms with Gasteiger partial charge in [0.2, 0.25) is 0 Å². The zero-order valence-electron chi connectivity index (χ0n) is 14.9. The average molecular weight is 419 g/mol. The van der Waals surface area contributed by atoms with E-state index in [4.69, 9.17) is 0 Å². The Morgan fingerprint density at radius 3 is 2.57 bits per heavy atom. The van der Waals surface area contributed by atoms with E-state index in [9.17, 15) is 23.3 Å². The minimum absolute atomic E-state index is 0.0538. The zero-order chi connectivity index (χ0) is 20.3. The molecule has 0 bridgehead atoms. The van der Waals surface area contributed by atoms with Gasteiger partial charge in [-0.15, -0.1) is 0 Å². The van der Waals surface area contributed by atoms with Crippen LogP contribution < -0.4 is 4.80 Å². The number of fused-ring (bicyclic) bond motifs is 1. The van der Waals surface area contributed by atoms with Crippen molar-refractivity contribution in [1.82, 2.24) is 4.57 Å². The van der Waals surface area contributed by atoms with Gasteiger partial charge in [-0.1, -0.05) is 36.5 Å². The molecule has 0 saturated heterocycles. The van der Waals surface area contributed by atoms with Crippen molar-refractivity contribution in [2.24, 2.45) is 4.99 Å². The number of thiazole rings is 1. The maximum absolute atomic E-state index is 12.4. The van der Waals surface area contributed by atoms with Crippen molar-refractivity contribution in [3.05, 3.63) is 63.4 Å². The van der Waals surface area contributed by atoms with Crippen LogP contribution in [0.1, 0.15) is 13.3 Å². The number of carbonyl (C=O) groups excluding carboxylic acids is 1. The summed E-state index contributed by atoms with van der Waals surface area (Å²) in [5.41, 5.74) is 0.664. The predicted octanol–water partition coefficient (Wildman–Crippen LogP) is 2.92. The minimum atomic E-state index is -3.79. The lowest BCUT2D eigenvalue weighted by Crippen LogP contribution is -2.21. The monoisotopic (exact) mass is 419 g/mol.